The van der Waals surface area contributed by atoms with Gasteiger partial charge in [-0.2, -0.15) is 0 Å². The van der Waals surface area contributed by atoms with Crippen molar-refractivity contribution < 1.29 is 9.90 Å². The molecule has 18 heavy (non-hydrogen) atoms. The largest absolute Gasteiger partial charge is 0.386 e. The van der Waals surface area contributed by atoms with Crippen LogP contribution < -0.4 is 0 Å². The van der Waals surface area contributed by atoms with Crippen molar-refractivity contribution in [3.63, 3.8) is 0 Å². The summed E-state index contributed by atoms with van der Waals surface area (Å²) in [5.74, 6) is 0.204. The third kappa shape index (κ3) is 3.12. The van der Waals surface area contributed by atoms with Crippen LogP contribution in [0.25, 0.3) is 0 Å². The van der Waals surface area contributed by atoms with E-state index in [4.69, 9.17) is 0 Å². The number of aliphatic hydroxyl groups is 1. The number of alkyl halides is 1. The number of allylic oxidation sites excluding steroid dienone is 1. The predicted octanol–water partition coefficient (Wildman–Crippen LogP) is 3.64. The Morgan fingerprint density at radius 2 is 2.17 bits per heavy atom. The van der Waals surface area contributed by atoms with E-state index < -0.39 is 5.60 Å². The monoisotopic (exact) mass is 314 g/mol. The summed E-state index contributed by atoms with van der Waals surface area (Å²) >= 11 is 3.61. The van der Waals surface area contributed by atoms with Gasteiger partial charge in [0.1, 0.15) is 5.78 Å². The first kappa shape index (κ1) is 15.6. The van der Waals surface area contributed by atoms with Crippen molar-refractivity contribution in [2.45, 2.75) is 51.0 Å². The molecule has 0 amide bonds. The van der Waals surface area contributed by atoms with E-state index in [-0.39, 0.29) is 21.9 Å². The molecule has 1 fully saturated rings. The lowest BCUT2D eigenvalue weighted by atomic mass is 9.67. The first-order chi connectivity index (χ1) is 8.12. The average Bonchev–Trinajstić information content (AvgIpc) is 2.26. The Balaban J connectivity index is 3.05. The van der Waals surface area contributed by atoms with E-state index in [0.717, 1.165) is 5.57 Å². The van der Waals surface area contributed by atoms with Crippen molar-refractivity contribution in [2.24, 2.45) is 11.3 Å². The van der Waals surface area contributed by atoms with Gasteiger partial charge in [0.05, 0.1) is 5.60 Å². The van der Waals surface area contributed by atoms with E-state index >= 15 is 0 Å². The Labute approximate surface area is 118 Å². The van der Waals surface area contributed by atoms with Crippen molar-refractivity contribution in [1.82, 2.24) is 0 Å². The quantitative estimate of drug-likeness (QED) is 0.638. The SMILES string of the molecule is C=C[C@@](C)(O)C/C=C1\[C@H](C)C(=O)C[C@H](Br)C1(C)C. The number of carbonyl (C=O) groups excluding carboxylic acids is 1. The molecule has 0 radical (unpaired) electrons. The number of Topliss-reactive ketones (excluding diaryl/α,β-unsaturated/α-hetero) is 1. The summed E-state index contributed by atoms with van der Waals surface area (Å²) in [5, 5.41) is 9.98. The highest BCUT2D eigenvalue weighted by atomic mass is 79.9. The molecule has 2 nitrogen and oxygen atoms in total. The van der Waals surface area contributed by atoms with Crippen molar-refractivity contribution in [3.05, 3.63) is 24.3 Å². The zero-order chi connectivity index (χ0) is 14.1. The first-order valence-corrected chi connectivity index (χ1v) is 7.26. The normalized spacial score (nSPS) is 33.2. The molecular weight excluding hydrogens is 292 g/mol. The molecule has 1 aliphatic carbocycles. The summed E-state index contributed by atoms with van der Waals surface area (Å²) in [5.41, 5.74) is 0.137. The minimum atomic E-state index is -0.912. The minimum absolute atomic E-state index is 0.0607. The van der Waals surface area contributed by atoms with Crippen LogP contribution in [-0.2, 0) is 4.79 Å². The van der Waals surface area contributed by atoms with E-state index in [1.165, 1.54) is 6.08 Å². The summed E-state index contributed by atoms with van der Waals surface area (Å²) < 4.78 is 0. The third-order valence-electron chi connectivity index (χ3n) is 4.03. The number of carbonyl (C=O) groups is 1. The molecule has 0 spiro atoms. The summed E-state index contributed by atoms with van der Waals surface area (Å²) in [6, 6.07) is 0. The van der Waals surface area contributed by atoms with Crippen LogP contribution in [-0.4, -0.2) is 21.3 Å². The zero-order valence-corrected chi connectivity index (χ0v) is 13.3. The Morgan fingerprint density at radius 1 is 1.61 bits per heavy atom. The third-order valence-corrected chi connectivity index (χ3v) is 5.50. The fourth-order valence-corrected chi connectivity index (χ4v) is 2.94. The van der Waals surface area contributed by atoms with Crippen LogP contribution in [0.4, 0.5) is 0 Å². The van der Waals surface area contributed by atoms with Gasteiger partial charge in [-0.15, -0.1) is 6.58 Å². The lowest BCUT2D eigenvalue weighted by Gasteiger charge is -2.41. The molecule has 0 aliphatic heterocycles. The van der Waals surface area contributed by atoms with Gasteiger partial charge in [-0.05, 0) is 18.8 Å². The highest BCUT2D eigenvalue weighted by Gasteiger charge is 2.42. The number of ketones is 1. The molecule has 3 atom stereocenters. The summed E-state index contributed by atoms with van der Waals surface area (Å²) in [7, 11) is 0. The van der Waals surface area contributed by atoms with Gasteiger partial charge >= 0.3 is 0 Å². The number of hydrogen-bond donors (Lipinski definition) is 1. The molecule has 1 rings (SSSR count). The Hall–Kier alpha value is -0.410. The van der Waals surface area contributed by atoms with E-state index in [2.05, 4.69) is 36.4 Å². The number of halogens is 1. The highest BCUT2D eigenvalue weighted by Crippen LogP contribution is 2.45. The van der Waals surface area contributed by atoms with E-state index in [0.29, 0.717) is 12.8 Å². The fourth-order valence-electron chi connectivity index (χ4n) is 2.36. The molecule has 0 saturated heterocycles. The summed E-state index contributed by atoms with van der Waals surface area (Å²) in [6.07, 6.45) is 4.62. The maximum absolute atomic E-state index is 11.9. The standard InChI is InChI=1S/C15H23BrO2/c1-6-15(5,18)8-7-11-10(2)12(17)9-13(16)14(11,3)4/h6-7,10,13,18H,1,8-9H2,2-5H3/b11-7+/t10-,13-,15+/m0/s1. The van der Waals surface area contributed by atoms with Gasteiger partial charge in [0.25, 0.3) is 0 Å². The molecule has 0 unspecified atom stereocenters. The van der Waals surface area contributed by atoms with Crippen molar-refractivity contribution in [1.29, 1.82) is 0 Å². The molecule has 102 valence electrons. The zero-order valence-electron chi connectivity index (χ0n) is 11.7. The topological polar surface area (TPSA) is 37.3 Å². The molecule has 3 heteroatoms. The Kier molecular flexibility index (Phi) is 4.60. The second-order valence-corrected chi connectivity index (χ2v) is 7.11. The van der Waals surface area contributed by atoms with Gasteiger partial charge in [-0.1, -0.05) is 54.4 Å². The number of rotatable bonds is 3. The van der Waals surface area contributed by atoms with Crippen molar-refractivity contribution in [2.75, 3.05) is 0 Å². The van der Waals surface area contributed by atoms with Gasteiger partial charge < -0.3 is 5.11 Å². The van der Waals surface area contributed by atoms with Crippen molar-refractivity contribution >= 4 is 21.7 Å². The minimum Gasteiger partial charge on any atom is -0.386 e. The average molecular weight is 315 g/mol. The molecule has 0 aromatic heterocycles. The van der Waals surface area contributed by atoms with Crippen LogP contribution in [0.2, 0.25) is 0 Å². The molecule has 1 N–H and O–H groups in total. The molecular formula is C15H23BrO2. The molecule has 1 aliphatic rings. The Bertz CT molecular complexity index is 380. The maximum Gasteiger partial charge on any atom is 0.140 e. The summed E-state index contributed by atoms with van der Waals surface area (Å²) in [4.78, 5) is 12.1. The van der Waals surface area contributed by atoms with E-state index in [9.17, 15) is 9.90 Å². The smallest absolute Gasteiger partial charge is 0.140 e. The van der Waals surface area contributed by atoms with Crippen LogP contribution in [0.15, 0.2) is 24.3 Å². The van der Waals surface area contributed by atoms with E-state index in [1.54, 1.807) is 6.92 Å². The van der Waals surface area contributed by atoms with Gasteiger partial charge in [0, 0.05) is 17.2 Å². The summed E-state index contributed by atoms with van der Waals surface area (Å²) in [6.45, 7) is 11.6. The number of hydrogen-bond acceptors (Lipinski definition) is 2. The van der Waals surface area contributed by atoms with Gasteiger partial charge in [-0.25, -0.2) is 0 Å². The van der Waals surface area contributed by atoms with Crippen LogP contribution >= 0.6 is 15.9 Å². The lowest BCUT2D eigenvalue weighted by molar-refractivity contribution is -0.123. The van der Waals surface area contributed by atoms with Gasteiger partial charge in [0.2, 0.25) is 0 Å². The van der Waals surface area contributed by atoms with Gasteiger partial charge in [0.15, 0.2) is 0 Å². The van der Waals surface area contributed by atoms with Crippen LogP contribution in [0.1, 0.15) is 40.5 Å². The van der Waals surface area contributed by atoms with Gasteiger partial charge in [-0.3, -0.25) is 4.79 Å². The second-order valence-electron chi connectivity index (χ2n) is 6.01. The van der Waals surface area contributed by atoms with Crippen LogP contribution in [0, 0.1) is 11.3 Å². The van der Waals surface area contributed by atoms with Crippen molar-refractivity contribution in [3.8, 4) is 0 Å². The van der Waals surface area contributed by atoms with E-state index in [1.807, 2.05) is 13.0 Å². The molecule has 0 aromatic carbocycles. The molecule has 1 saturated carbocycles. The fraction of sp³-hybridized carbons (Fsp3) is 0.667. The molecule has 0 heterocycles. The predicted molar refractivity (Wildman–Crippen MR) is 78.8 cm³/mol. The molecule has 0 bridgehead atoms. The van der Waals surface area contributed by atoms with Crippen LogP contribution in [0.5, 0.6) is 0 Å². The maximum atomic E-state index is 11.9. The lowest BCUT2D eigenvalue weighted by Crippen LogP contribution is -2.40. The Morgan fingerprint density at radius 3 is 2.67 bits per heavy atom. The second kappa shape index (κ2) is 5.30. The molecule has 0 aromatic rings. The first-order valence-electron chi connectivity index (χ1n) is 6.35. The van der Waals surface area contributed by atoms with Crippen LogP contribution in [0.3, 0.4) is 0 Å². The highest BCUT2D eigenvalue weighted by molar-refractivity contribution is 9.09.